The van der Waals surface area contributed by atoms with Gasteiger partial charge >= 0.3 is 0 Å². The first-order chi connectivity index (χ1) is 5.72. The topological polar surface area (TPSA) is 15.3 Å². The summed E-state index contributed by atoms with van der Waals surface area (Å²) < 4.78 is 0. The molecule has 2 nitrogen and oxygen atoms in total. The first-order valence-electron chi connectivity index (χ1n) is 5.18. The molecule has 2 heteroatoms. The molecule has 0 aromatic carbocycles. The molecule has 70 valence electrons. The van der Waals surface area contributed by atoms with E-state index in [1.54, 1.807) is 0 Å². The molecule has 0 aliphatic carbocycles. The average molecular weight is 168 g/mol. The Kier molecular flexibility index (Phi) is 2.13. The molecule has 0 bridgehead atoms. The van der Waals surface area contributed by atoms with Gasteiger partial charge in [-0.05, 0) is 52.7 Å². The standard InChI is InChI=1S/C10H20N2/c1-10-6-4-8-12(2)9(10)5-3-7-11-10/h9,11H,3-8H2,1-2H3/t9-,10+/m1/s1. The van der Waals surface area contributed by atoms with Gasteiger partial charge in [0, 0.05) is 11.6 Å². The Balaban J connectivity index is 2.12. The van der Waals surface area contributed by atoms with Gasteiger partial charge in [-0.2, -0.15) is 0 Å². The minimum Gasteiger partial charge on any atom is -0.310 e. The van der Waals surface area contributed by atoms with E-state index in [0.29, 0.717) is 5.54 Å². The number of likely N-dealkylation sites (N-methyl/N-ethyl adjacent to an activating group) is 1. The maximum absolute atomic E-state index is 3.69. The van der Waals surface area contributed by atoms with Gasteiger partial charge in [-0.25, -0.2) is 0 Å². The number of nitrogens with zero attached hydrogens (tertiary/aromatic N) is 1. The van der Waals surface area contributed by atoms with E-state index in [1.807, 2.05) is 0 Å². The van der Waals surface area contributed by atoms with Crippen molar-refractivity contribution in [3.05, 3.63) is 0 Å². The second kappa shape index (κ2) is 3.00. The lowest BCUT2D eigenvalue weighted by Crippen LogP contribution is -2.63. The lowest BCUT2D eigenvalue weighted by Gasteiger charge is -2.50. The summed E-state index contributed by atoms with van der Waals surface area (Å²) in [6.07, 6.45) is 5.46. The molecule has 0 aromatic rings. The first kappa shape index (κ1) is 8.52. The quantitative estimate of drug-likeness (QED) is 0.585. The number of hydrogen-bond donors (Lipinski definition) is 1. The second-order valence-corrected chi connectivity index (χ2v) is 4.59. The normalized spacial score (nSPS) is 44.0. The van der Waals surface area contributed by atoms with Crippen LogP contribution in [0.15, 0.2) is 0 Å². The molecule has 0 unspecified atom stereocenters. The van der Waals surface area contributed by atoms with Gasteiger partial charge in [0.25, 0.3) is 0 Å². The van der Waals surface area contributed by atoms with Gasteiger partial charge in [0.2, 0.25) is 0 Å². The largest absolute Gasteiger partial charge is 0.310 e. The van der Waals surface area contributed by atoms with E-state index in [0.717, 1.165) is 6.04 Å². The van der Waals surface area contributed by atoms with E-state index in [2.05, 4.69) is 24.2 Å². The molecule has 2 aliphatic rings. The van der Waals surface area contributed by atoms with Crippen LogP contribution in [0.4, 0.5) is 0 Å². The van der Waals surface area contributed by atoms with Crippen molar-refractivity contribution in [3.8, 4) is 0 Å². The van der Waals surface area contributed by atoms with Crippen molar-refractivity contribution in [2.75, 3.05) is 20.1 Å². The van der Waals surface area contributed by atoms with Crippen LogP contribution in [0.3, 0.4) is 0 Å². The number of fused-ring (bicyclic) bond motifs is 1. The predicted molar refractivity (Wildman–Crippen MR) is 51.3 cm³/mol. The molecule has 0 aromatic heterocycles. The highest BCUT2D eigenvalue weighted by Gasteiger charge is 2.40. The molecular weight excluding hydrogens is 148 g/mol. The third-order valence-electron chi connectivity index (χ3n) is 3.66. The van der Waals surface area contributed by atoms with Crippen LogP contribution < -0.4 is 5.32 Å². The molecule has 2 aliphatic heterocycles. The molecular formula is C10H20N2. The van der Waals surface area contributed by atoms with Crippen LogP contribution in [-0.4, -0.2) is 36.6 Å². The van der Waals surface area contributed by atoms with Crippen LogP contribution in [0, 0.1) is 0 Å². The zero-order valence-electron chi connectivity index (χ0n) is 8.27. The van der Waals surface area contributed by atoms with E-state index in [4.69, 9.17) is 0 Å². The van der Waals surface area contributed by atoms with Crippen molar-refractivity contribution in [2.45, 2.75) is 44.2 Å². The number of hydrogen-bond acceptors (Lipinski definition) is 2. The van der Waals surface area contributed by atoms with Gasteiger partial charge in [-0.3, -0.25) is 0 Å². The van der Waals surface area contributed by atoms with Crippen molar-refractivity contribution in [1.29, 1.82) is 0 Å². The number of likely N-dealkylation sites (tertiary alicyclic amines) is 1. The van der Waals surface area contributed by atoms with E-state index >= 15 is 0 Å². The second-order valence-electron chi connectivity index (χ2n) is 4.59. The van der Waals surface area contributed by atoms with Gasteiger partial charge in [0.1, 0.15) is 0 Å². The summed E-state index contributed by atoms with van der Waals surface area (Å²) in [5.41, 5.74) is 0.422. The van der Waals surface area contributed by atoms with Gasteiger partial charge < -0.3 is 10.2 Å². The van der Waals surface area contributed by atoms with Crippen molar-refractivity contribution in [3.63, 3.8) is 0 Å². The molecule has 2 saturated heterocycles. The number of piperidine rings is 2. The number of rotatable bonds is 0. The zero-order valence-corrected chi connectivity index (χ0v) is 8.27. The average Bonchev–Trinajstić information content (AvgIpc) is 2.04. The van der Waals surface area contributed by atoms with Crippen LogP contribution in [0.25, 0.3) is 0 Å². The molecule has 0 amide bonds. The SMILES string of the molecule is CN1CCC[C@]2(C)NCCC[C@@H]12. The monoisotopic (exact) mass is 168 g/mol. The summed E-state index contributed by atoms with van der Waals surface area (Å²) in [5.74, 6) is 0. The van der Waals surface area contributed by atoms with Crippen LogP contribution in [0.1, 0.15) is 32.6 Å². The molecule has 1 N–H and O–H groups in total. The Hall–Kier alpha value is -0.0800. The fourth-order valence-corrected chi connectivity index (χ4v) is 2.92. The predicted octanol–water partition coefficient (Wildman–Crippen LogP) is 1.22. The highest BCUT2D eigenvalue weighted by Crippen LogP contribution is 2.31. The Morgan fingerprint density at radius 1 is 1.42 bits per heavy atom. The molecule has 2 fully saturated rings. The first-order valence-corrected chi connectivity index (χ1v) is 5.18. The van der Waals surface area contributed by atoms with Gasteiger partial charge in [0.05, 0.1) is 0 Å². The molecule has 0 spiro atoms. The van der Waals surface area contributed by atoms with Crippen LogP contribution in [-0.2, 0) is 0 Å². The van der Waals surface area contributed by atoms with E-state index in [9.17, 15) is 0 Å². The Bertz CT molecular complexity index is 165. The maximum atomic E-state index is 3.69. The Labute approximate surface area is 75.3 Å². The van der Waals surface area contributed by atoms with Crippen molar-refractivity contribution >= 4 is 0 Å². The third kappa shape index (κ3) is 1.27. The zero-order chi connectivity index (χ0) is 8.60. The van der Waals surface area contributed by atoms with Gasteiger partial charge in [-0.1, -0.05) is 0 Å². The van der Waals surface area contributed by atoms with E-state index in [1.165, 1.54) is 38.8 Å². The fourth-order valence-electron chi connectivity index (χ4n) is 2.92. The summed E-state index contributed by atoms with van der Waals surface area (Å²) in [6, 6.07) is 0.792. The van der Waals surface area contributed by atoms with Crippen molar-refractivity contribution < 1.29 is 0 Å². The van der Waals surface area contributed by atoms with Gasteiger partial charge in [-0.15, -0.1) is 0 Å². The minimum atomic E-state index is 0.422. The third-order valence-corrected chi connectivity index (χ3v) is 3.66. The summed E-state index contributed by atoms with van der Waals surface area (Å²) in [7, 11) is 2.27. The molecule has 2 heterocycles. The fraction of sp³-hybridized carbons (Fsp3) is 1.00. The van der Waals surface area contributed by atoms with E-state index < -0.39 is 0 Å². The maximum Gasteiger partial charge on any atom is 0.0309 e. The molecule has 0 saturated carbocycles. The number of nitrogens with one attached hydrogen (secondary N) is 1. The minimum absolute atomic E-state index is 0.422. The van der Waals surface area contributed by atoms with Crippen LogP contribution in [0.5, 0.6) is 0 Å². The smallest absolute Gasteiger partial charge is 0.0309 e. The lowest BCUT2D eigenvalue weighted by atomic mass is 9.78. The molecule has 2 rings (SSSR count). The van der Waals surface area contributed by atoms with Crippen molar-refractivity contribution in [1.82, 2.24) is 10.2 Å². The highest BCUT2D eigenvalue weighted by atomic mass is 15.2. The van der Waals surface area contributed by atoms with Crippen LogP contribution in [0.2, 0.25) is 0 Å². The molecule has 2 atom stereocenters. The van der Waals surface area contributed by atoms with Gasteiger partial charge in [0.15, 0.2) is 0 Å². The van der Waals surface area contributed by atoms with Crippen molar-refractivity contribution in [2.24, 2.45) is 0 Å². The summed E-state index contributed by atoms with van der Waals surface area (Å²) >= 11 is 0. The molecule has 12 heavy (non-hydrogen) atoms. The summed E-state index contributed by atoms with van der Waals surface area (Å²) in [5, 5.41) is 3.69. The van der Waals surface area contributed by atoms with Crippen LogP contribution >= 0.6 is 0 Å². The Morgan fingerprint density at radius 2 is 2.25 bits per heavy atom. The lowest BCUT2D eigenvalue weighted by molar-refractivity contribution is 0.0517. The summed E-state index contributed by atoms with van der Waals surface area (Å²) in [4.78, 5) is 2.54. The Morgan fingerprint density at radius 3 is 3.00 bits per heavy atom. The summed E-state index contributed by atoms with van der Waals surface area (Å²) in [6.45, 7) is 4.91. The highest BCUT2D eigenvalue weighted by molar-refractivity contribution is 5.01. The van der Waals surface area contributed by atoms with E-state index in [-0.39, 0.29) is 0 Å². The molecule has 0 radical (unpaired) electrons.